The lowest BCUT2D eigenvalue weighted by molar-refractivity contribution is -0.183. The highest BCUT2D eigenvalue weighted by Crippen LogP contribution is 2.36. The van der Waals surface area contributed by atoms with Crippen LogP contribution in [-0.2, 0) is 16.2 Å². The van der Waals surface area contributed by atoms with Crippen LogP contribution < -0.4 is 5.73 Å². The van der Waals surface area contributed by atoms with E-state index in [0.29, 0.717) is 18.1 Å². The standard InChI is InChI=1S/C24H27N5O3/c25-23(30)19-5-6-21-18(13-19)7-11-28(21)15-16-1-3-17(4-2-16)24(31)29-22(8-12-32-29)20-14-26-9-10-27-20/h5-7,9-11,13-14,16-17,22H,1-4,8,12,15H2,(H2,25,30)/t16?,17?,22-/m0/s1. The van der Waals surface area contributed by atoms with E-state index in [-0.39, 0.29) is 17.9 Å². The Morgan fingerprint density at radius 2 is 1.94 bits per heavy atom. The summed E-state index contributed by atoms with van der Waals surface area (Å²) in [5.74, 6) is 0.164. The van der Waals surface area contributed by atoms with E-state index in [2.05, 4.69) is 20.7 Å². The molecule has 0 spiro atoms. The first-order valence-corrected chi connectivity index (χ1v) is 11.2. The largest absolute Gasteiger partial charge is 0.366 e. The lowest BCUT2D eigenvalue weighted by Gasteiger charge is -2.32. The lowest BCUT2D eigenvalue weighted by atomic mass is 9.81. The van der Waals surface area contributed by atoms with Gasteiger partial charge in [0.1, 0.15) is 6.04 Å². The van der Waals surface area contributed by atoms with Crippen LogP contribution >= 0.6 is 0 Å². The second kappa shape index (κ2) is 8.70. The van der Waals surface area contributed by atoms with Gasteiger partial charge in [-0.3, -0.25) is 24.4 Å². The van der Waals surface area contributed by atoms with E-state index in [1.165, 1.54) is 0 Å². The molecular weight excluding hydrogens is 406 g/mol. The number of rotatable bonds is 5. The number of aromatic nitrogens is 3. The minimum Gasteiger partial charge on any atom is -0.366 e. The van der Waals surface area contributed by atoms with Gasteiger partial charge in [0.2, 0.25) is 11.8 Å². The number of amides is 2. The molecule has 32 heavy (non-hydrogen) atoms. The molecule has 1 aliphatic heterocycles. The number of primary amides is 1. The normalized spacial score (nSPS) is 23.5. The molecule has 2 aromatic heterocycles. The van der Waals surface area contributed by atoms with Gasteiger partial charge in [0.25, 0.3) is 0 Å². The number of hydroxylamine groups is 2. The molecule has 1 aromatic carbocycles. The summed E-state index contributed by atoms with van der Waals surface area (Å²) < 4.78 is 2.24. The fraction of sp³-hybridized carbons (Fsp3) is 0.417. The molecule has 0 bridgehead atoms. The Hall–Kier alpha value is -3.26. The summed E-state index contributed by atoms with van der Waals surface area (Å²) in [5.41, 5.74) is 7.80. The maximum atomic E-state index is 13.2. The van der Waals surface area contributed by atoms with E-state index < -0.39 is 5.91 Å². The first kappa shape index (κ1) is 20.6. The molecule has 3 heterocycles. The highest BCUT2D eigenvalue weighted by atomic mass is 16.7. The van der Waals surface area contributed by atoms with Crippen molar-refractivity contribution in [3.63, 3.8) is 0 Å². The van der Waals surface area contributed by atoms with Gasteiger partial charge in [-0.15, -0.1) is 0 Å². The van der Waals surface area contributed by atoms with E-state index in [0.717, 1.165) is 55.2 Å². The molecule has 2 aliphatic rings. The van der Waals surface area contributed by atoms with Crippen molar-refractivity contribution in [1.82, 2.24) is 19.6 Å². The average molecular weight is 434 g/mol. The van der Waals surface area contributed by atoms with Gasteiger partial charge in [-0.1, -0.05) is 0 Å². The molecular formula is C24H27N5O3. The van der Waals surface area contributed by atoms with Gasteiger partial charge < -0.3 is 10.3 Å². The van der Waals surface area contributed by atoms with Crippen molar-refractivity contribution in [2.45, 2.75) is 44.7 Å². The van der Waals surface area contributed by atoms with Crippen LogP contribution in [0.15, 0.2) is 49.1 Å². The summed E-state index contributed by atoms with van der Waals surface area (Å²) in [4.78, 5) is 38.8. The fourth-order valence-corrected chi connectivity index (χ4v) is 5.00. The van der Waals surface area contributed by atoms with Crippen molar-refractivity contribution in [3.8, 4) is 0 Å². The maximum absolute atomic E-state index is 13.2. The molecule has 1 saturated heterocycles. The Balaban J connectivity index is 1.20. The molecule has 8 heteroatoms. The Morgan fingerprint density at radius 1 is 1.09 bits per heavy atom. The Labute approximate surface area is 186 Å². The maximum Gasteiger partial charge on any atom is 0.249 e. The second-order valence-corrected chi connectivity index (χ2v) is 8.76. The van der Waals surface area contributed by atoms with Crippen LogP contribution in [0.1, 0.15) is 54.2 Å². The van der Waals surface area contributed by atoms with Crippen molar-refractivity contribution in [3.05, 3.63) is 60.3 Å². The Kier molecular flexibility index (Phi) is 5.61. The second-order valence-electron chi connectivity index (χ2n) is 8.76. The summed E-state index contributed by atoms with van der Waals surface area (Å²) in [6.07, 6.45) is 11.5. The summed E-state index contributed by atoms with van der Waals surface area (Å²) >= 11 is 0. The Bertz CT molecular complexity index is 1120. The molecule has 0 unspecified atom stereocenters. The molecule has 166 valence electrons. The van der Waals surface area contributed by atoms with Gasteiger partial charge >= 0.3 is 0 Å². The first-order valence-electron chi connectivity index (χ1n) is 11.2. The van der Waals surface area contributed by atoms with E-state index in [4.69, 9.17) is 10.6 Å². The van der Waals surface area contributed by atoms with Gasteiger partial charge in [0.15, 0.2) is 0 Å². The number of carbonyl (C=O) groups excluding carboxylic acids is 2. The van der Waals surface area contributed by atoms with Crippen LogP contribution in [0.25, 0.3) is 10.9 Å². The number of benzene rings is 1. The SMILES string of the molecule is NC(=O)c1ccc2c(ccn2CC2CCC(C(=O)N3OCC[C@H]3c3cnccn3)CC2)c1. The van der Waals surface area contributed by atoms with E-state index in [1.54, 1.807) is 29.7 Å². The van der Waals surface area contributed by atoms with Crippen LogP contribution in [0.5, 0.6) is 0 Å². The third kappa shape index (κ3) is 3.98. The zero-order valence-corrected chi connectivity index (χ0v) is 17.9. The highest BCUT2D eigenvalue weighted by molar-refractivity contribution is 5.97. The van der Waals surface area contributed by atoms with Gasteiger partial charge in [0.05, 0.1) is 18.5 Å². The molecule has 2 amide bonds. The predicted octanol–water partition coefficient (Wildman–Crippen LogP) is 3.24. The molecule has 3 aromatic rings. The van der Waals surface area contributed by atoms with Crippen molar-refractivity contribution in [2.24, 2.45) is 17.6 Å². The summed E-state index contributed by atoms with van der Waals surface area (Å²) in [7, 11) is 0. The van der Waals surface area contributed by atoms with Crippen LogP contribution in [0, 0.1) is 11.8 Å². The van der Waals surface area contributed by atoms with Crippen LogP contribution in [0.3, 0.4) is 0 Å². The van der Waals surface area contributed by atoms with Crippen LogP contribution in [0.2, 0.25) is 0 Å². The van der Waals surface area contributed by atoms with E-state index in [9.17, 15) is 9.59 Å². The lowest BCUT2D eigenvalue weighted by Crippen LogP contribution is -2.37. The highest BCUT2D eigenvalue weighted by Gasteiger charge is 2.38. The van der Waals surface area contributed by atoms with Gasteiger partial charge in [-0.05, 0) is 55.9 Å². The minimum atomic E-state index is -0.411. The smallest absolute Gasteiger partial charge is 0.249 e. The fourth-order valence-electron chi connectivity index (χ4n) is 5.00. The molecule has 1 aliphatic carbocycles. The van der Waals surface area contributed by atoms with Crippen molar-refractivity contribution >= 4 is 22.7 Å². The minimum absolute atomic E-state index is 0.0111. The van der Waals surface area contributed by atoms with Crippen LogP contribution in [0.4, 0.5) is 0 Å². The zero-order valence-electron chi connectivity index (χ0n) is 17.9. The summed E-state index contributed by atoms with van der Waals surface area (Å²) in [6.45, 7) is 1.43. The molecule has 5 rings (SSSR count). The molecule has 1 saturated carbocycles. The van der Waals surface area contributed by atoms with Gasteiger partial charge in [-0.25, -0.2) is 5.06 Å². The van der Waals surface area contributed by atoms with Gasteiger partial charge in [-0.2, -0.15) is 0 Å². The zero-order chi connectivity index (χ0) is 22.1. The van der Waals surface area contributed by atoms with Crippen molar-refractivity contribution in [1.29, 1.82) is 0 Å². The number of carbonyl (C=O) groups is 2. The van der Waals surface area contributed by atoms with E-state index in [1.807, 2.05) is 18.2 Å². The van der Waals surface area contributed by atoms with Crippen molar-refractivity contribution in [2.75, 3.05) is 6.61 Å². The molecule has 1 atom stereocenters. The van der Waals surface area contributed by atoms with Crippen molar-refractivity contribution < 1.29 is 14.4 Å². The molecule has 0 radical (unpaired) electrons. The van der Waals surface area contributed by atoms with Crippen LogP contribution in [-0.4, -0.2) is 38.0 Å². The predicted molar refractivity (Wildman–Crippen MR) is 118 cm³/mol. The third-order valence-electron chi connectivity index (χ3n) is 6.75. The number of nitrogens with two attached hydrogens (primary N) is 1. The monoisotopic (exact) mass is 433 g/mol. The molecule has 2 fully saturated rings. The van der Waals surface area contributed by atoms with Gasteiger partial charge in [0, 0.05) is 53.9 Å². The average Bonchev–Trinajstić information content (AvgIpc) is 3.47. The number of hydrogen-bond acceptors (Lipinski definition) is 5. The summed E-state index contributed by atoms with van der Waals surface area (Å²) in [5, 5.41) is 2.57. The number of hydrogen-bond donors (Lipinski definition) is 1. The Morgan fingerprint density at radius 3 is 2.69 bits per heavy atom. The molecule has 2 N–H and O–H groups in total. The first-order chi connectivity index (χ1) is 15.6. The quantitative estimate of drug-likeness (QED) is 0.665. The third-order valence-corrected chi connectivity index (χ3v) is 6.75. The number of fused-ring (bicyclic) bond motifs is 1. The number of nitrogens with zero attached hydrogens (tertiary/aromatic N) is 4. The molecule has 8 nitrogen and oxygen atoms in total. The van der Waals surface area contributed by atoms with E-state index >= 15 is 0 Å². The topological polar surface area (TPSA) is 103 Å². The summed E-state index contributed by atoms with van der Waals surface area (Å²) in [6, 6.07) is 7.45.